The summed E-state index contributed by atoms with van der Waals surface area (Å²) in [4.78, 5) is 0. The molecule has 0 aromatic heterocycles. The number of rotatable bonds is 2. The second kappa shape index (κ2) is 8.26. The average molecular weight is 252 g/mol. The van der Waals surface area contributed by atoms with Gasteiger partial charge in [-0.1, -0.05) is 78.9 Å². The summed E-state index contributed by atoms with van der Waals surface area (Å²) in [6, 6.07) is 20.5. The molecule has 0 nitrogen and oxygen atoms in total. The van der Waals surface area contributed by atoms with Crippen molar-refractivity contribution in [3.63, 3.8) is 0 Å². The normalized spacial score (nSPS) is 9.83. The maximum absolute atomic E-state index is 3.83. The lowest BCUT2D eigenvalue weighted by Crippen LogP contribution is -1.72. The van der Waals surface area contributed by atoms with Crippen LogP contribution in [-0.4, -0.2) is 10.2 Å². The first-order valence-electron chi connectivity index (χ1n) is 6.12. The van der Waals surface area contributed by atoms with Gasteiger partial charge in [-0.2, -0.15) is 0 Å². The lowest BCUT2D eigenvalue weighted by molar-refractivity contribution is 1.58. The van der Waals surface area contributed by atoms with Gasteiger partial charge in [-0.15, -0.1) is 5.70 Å². The van der Waals surface area contributed by atoms with Gasteiger partial charge in [0, 0.05) is 10.2 Å². The van der Waals surface area contributed by atoms with Gasteiger partial charge in [0.1, 0.15) is 0 Å². The van der Waals surface area contributed by atoms with E-state index in [0.29, 0.717) is 0 Å². The summed E-state index contributed by atoms with van der Waals surface area (Å²) in [6.07, 6.45) is 2.15. The fourth-order valence-corrected chi connectivity index (χ4v) is 1.86. The third-order valence-electron chi connectivity index (χ3n) is 2.43. The quantitative estimate of drug-likeness (QED) is 0.714. The highest BCUT2D eigenvalue weighted by Crippen LogP contribution is 2.08. The molecule has 0 heterocycles. The molecule has 2 rings (SSSR count). The molecular formula is C17H20Si. The van der Waals surface area contributed by atoms with Crippen molar-refractivity contribution >= 4 is 21.9 Å². The van der Waals surface area contributed by atoms with Crippen molar-refractivity contribution in [3.8, 4) is 0 Å². The smallest absolute Gasteiger partial charge is 0.0291 e. The zero-order valence-corrected chi connectivity index (χ0v) is 13.1. The maximum atomic E-state index is 3.83. The van der Waals surface area contributed by atoms with Gasteiger partial charge in [0.25, 0.3) is 0 Å². The first kappa shape index (κ1) is 14.2. The summed E-state index contributed by atoms with van der Waals surface area (Å²) in [6.45, 7) is 5.83. The summed E-state index contributed by atoms with van der Waals surface area (Å²) < 4.78 is 0. The molecule has 2 aromatic rings. The molecule has 0 aliphatic rings. The Labute approximate surface area is 113 Å². The minimum atomic E-state index is 1.12. The van der Waals surface area contributed by atoms with Gasteiger partial charge >= 0.3 is 0 Å². The SMILES string of the molecule is C=C(C)c1ccccc1.[SiH3]C=Cc1ccccc1. The Morgan fingerprint density at radius 2 is 1.44 bits per heavy atom. The number of allylic oxidation sites excluding steroid dienone is 1. The first-order chi connectivity index (χ1) is 8.74. The molecule has 0 unspecified atom stereocenters. The van der Waals surface area contributed by atoms with Crippen LogP contribution in [0.1, 0.15) is 18.1 Å². The van der Waals surface area contributed by atoms with Crippen molar-refractivity contribution < 1.29 is 0 Å². The van der Waals surface area contributed by atoms with Gasteiger partial charge in [0.05, 0.1) is 0 Å². The summed E-state index contributed by atoms with van der Waals surface area (Å²) in [5.41, 5.74) is 5.82. The van der Waals surface area contributed by atoms with Crippen LogP contribution in [-0.2, 0) is 0 Å². The number of benzene rings is 2. The molecule has 0 amide bonds. The monoisotopic (exact) mass is 252 g/mol. The van der Waals surface area contributed by atoms with E-state index < -0.39 is 0 Å². The molecule has 18 heavy (non-hydrogen) atoms. The van der Waals surface area contributed by atoms with E-state index in [9.17, 15) is 0 Å². The van der Waals surface area contributed by atoms with Crippen molar-refractivity contribution in [2.24, 2.45) is 0 Å². The molecular weight excluding hydrogens is 232 g/mol. The van der Waals surface area contributed by atoms with Crippen LogP contribution in [0.4, 0.5) is 0 Å². The minimum Gasteiger partial charge on any atom is -0.105 e. The van der Waals surface area contributed by atoms with Crippen LogP contribution in [0, 0.1) is 0 Å². The van der Waals surface area contributed by atoms with Gasteiger partial charge in [-0.05, 0) is 18.1 Å². The van der Waals surface area contributed by atoms with E-state index >= 15 is 0 Å². The summed E-state index contributed by atoms with van der Waals surface area (Å²) in [5, 5.41) is 0. The molecule has 1 heteroatoms. The van der Waals surface area contributed by atoms with Gasteiger partial charge < -0.3 is 0 Å². The molecule has 2 aromatic carbocycles. The number of hydrogen-bond donors (Lipinski definition) is 0. The Kier molecular flexibility index (Phi) is 6.52. The van der Waals surface area contributed by atoms with Crippen molar-refractivity contribution in [1.82, 2.24) is 0 Å². The predicted octanol–water partition coefficient (Wildman–Crippen LogP) is 3.74. The minimum absolute atomic E-state index is 1.12. The van der Waals surface area contributed by atoms with Crippen molar-refractivity contribution in [1.29, 1.82) is 0 Å². The van der Waals surface area contributed by atoms with Gasteiger partial charge in [0.2, 0.25) is 0 Å². The highest BCUT2D eigenvalue weighted by Gasteiger charge is 1.86. The van der Waals surface area contributed by atoms with Crippen LogP contribution in [0.3, 0.4) is 0 Å². The van der Waals surface area contributed by atoms with Crippen molar-refractivity contribution in [2.75, 3.05) is 0 Å². The second-order valence-electron chi connectivity index (χ2n) is 4.06. The zero-order chi connectivity index (χ0) is 13.2. The van der Waals surface area contributed by atoms with Crippen LogP contribution in [0.2, 0.25) is 0 Å². The Hall–Kier alpha value is -1.86. The van der Waals surface area contributed by atoms with Gasteiger partial charge in [0.15, 0.2) is 0 Å². The second-order valence-corrected chi connectivity index (χ2v) is 4.72. The third kappa shape index (κ3) is 5.46. The van der Waals surface area contributed by atoms with E-state index in [1.54, 1.807) is 0 Å². The highest BCUT2D eigenvalue weighted by atomic mass is 28.1. The largest absolute Gasteiger partial charge is 0.105 e. The van der Waals surface area contributed by atoms with Crippen LogP contribution in [0.15, 0.2) is 72.9 Å². The summed E-state index contributed by atoms with van der Waals surface area (Å²) >= 11 is 0. The molecule has 0 N–H and O–H groups in total. The van der Waals surface area contributed by atoms with Crippen molar-refractivity contribution in [3.05, 3.63) is 84.1 Å². The fraction of sp³-hybridized carbons (Fsp3) is 0.0588. The lowest BCUT2D eigenvalue weighted by Gasteiger charge is -1.94. The molecule has 0 spiro atoms. The predicted molar refractivity (Wildman–Crippen MR) is 86.6 cm³/mol. The zero-order valence-electron chi connectivity index (χ0n) is 11.1. The maximum Gasteiger partial charge on any atom is 0.0291 e. The van der Waals surface area contributed by atoms with E-state index in [4.69, 9.17) is 0 Å². The fourth-order valence-electron chi connectivity index (χ4n) is 1.48. The Morgan fingerprint density at radius 1 is 0.944 bits per heavy atom. The standard InChI is InChI=1S/C9H10.C8H10Si/c1-8(2)9-6-4-3-5-7-9;9-7-6-8-4-2-1-3-5-8/h3-7H,1H2,2H3;1-7H,9H3. The molecule has 0 aliphatic carbocycles. The molecule has 0 bridgehead atoms. The van der Waals surface area contributed by atoms with Crippen molar-refractivity contribution in [2.45, 2.75) is 6.92 Å². The molecule has 0 aliphatic heterocycles. The average Bonchev–Trinajstić information content (AvgIpc) is 2.42. The van der Waals surface area contributed by atoms with Crippen LogP contribution >= 0.6 is 0 Å². The third-order valence-corrected chi connectivity index (χ3v) is 2.76. The molecule has 0 atom stereocenters. The van der Waals surface area contributed by atoms with E-state index in [1.807, 2.05) is 31.2 Å². The molecule has 0 fully saturated rings. The molecule has 92 valence electrons. The topological polar surface area (TPSA) is 0 Å². The van der Waals surface area contributed by atoms with E-state index in [1.165, 1.54) is 11.1 Å². The summed E-state index contributed by atoms with van der Waals surface area (Å²) in [7, 11) is 1.14. The summed E-state index contributed by atoms with van der Waals surface area (Å²) in [5.74, 6) is 0. The molecule has 0 radical (unpaired) electrons. The van der Waals surface area contributed by atoms with Crippen LogP contribution in [0.5, 0.6) is 0 Å². The molecule has 0 saturated carbocycles. The van der Waals surface area contributed by atoms with Gasteiger partial charge in [-0.3, -0.25) is 0 Å². The Balaban J connectivity index is 0.000000180. The Bertz CT molecular complexity index is 484. The highest BCUT2D eigenvalue weighted by molar-refractivity contribution is 6.19. The molecule has 0 saturated heterocycles. The lowest BCUT2D eigenvalue weighted by atomic mass is 10.1. The van der Waals surface area contributed by atoms with E-state index in [2.05, 4.69) is 54.8 Å². The van der Waals surface area contributed by atoms with Gasteiger partial charge in [-0.25, -0.2) is 0 Å². The van der Waals surface area contributed by atoms with Crippen LogP contribution in [0.25, 0.3) is 11.6 Å². The van der Waals surface area contributed by atoms with E-state index in [0.717, 1.165) is 15.8 Å². The first-order valence-corrected chi connectivity index (χ1v) is 7.28. The van der Waals surface area contributed by atoms with Crippen LogP contribution < -0.4 is 0 Å². The Morgan fingerprint density at radius 3 is 1.83 bits per heavy atom. The number of hydrogen-bond acceptors (Lipinski definition) is 0. The van der Waals surface area contributed by atoms with E-state index in [-0.39, 0.29) is 0 Å².